The van der Waals surface area contributed by atoms with E-state index in [4.69, 9.17) is 17.3 Å². The lowest BCUT2D eigenvalue weighted by Gasteiger charge is -2.32. The fourth-order valence-electron chi connectivity index (χ4n) is 3.50. The molecule has 1 amide bonds. The Labute approximate surface area is 166 Å². The lowest BCUT2D eigenvalue weighted by Crippen LogP contribution is -2.41. The Balaban J connectivity index is 1.42. The first kappa shape index (κ1) is 19.9. The maximum atomic E-state index is 12.4. The number of nitrogens with zero attached hydrogens (tertiary/aromatic N) is 1. The zero-order chi connectivity index (χ0) is 19.2. The molecule has 0 aliphatic carbocycles. The van der Waals surface area contributed by atoms with Gasteiger partial charge in [0.1, 0.15) is 6.04 Å². The van der Waals surface area contributed by atoms with Gasteiger partial charge in [0.2, 0.25) is 5.91 Å². The summed E-state index contributed by atoms with van der Waals surface area (Å²) in [6, 6.07) is 15.2. The molecule has 3 rings (SSSR count). The molecule has 5 heteroatoms. The second-order valence-electron chi connectivity index (χ2n) is 7.44. The van der Waals surface area contributed by atoms with Crippen molar-refractivity contribution in [3.63, 3.8) is 0 Å². The highest BCUT2D eigenvalue weighted by Gasteiger charge is 2.22. The molecule has 1 heterocycles. The van der Waals surface area contributed by atoms with Gasteiger partial charge in [-0.1, -0.05) is 59.6 Å². The second-order valence-corrected chi connectivity index (χ2v) is 7.85. The van der Waals surface area contributed by atoms with Gasteiger partial charge in [-0.3, -0.25) is 9.69 Å². The molecule has 1 fully saturated rings. The van der Waals surface area contributed by atoms with Gasteiger partial charge < -0.3 is 11.1 Å². The van der Waals surface area contributed by atoms with Gasteiger partial charge in [0.25, 0.3) is 0 Å². The summed E-state index contributed by atoms with van der Waals surface area (Å²) in [5.41, 5.74) is 9.29. The highest BCUT2D eigenvalue weighted by Crippen LogP contribution is 2.22. The number of likely N-dealkylation sites (tertiary alicyclic amines) is 1. The quantitative estimate of drug-likeness (QED) is 0.797. The smallest absolute Gasteiger partial charge is 0.241 e. The monoisotopic (exact) mass is 385 g/mol. The first-order valence-electron chi connectivity index (χ1n) is 9.58. The number of benzene rings is 2. The van der Waals surface area contributed by atoms with Crippen molar-refractivity contribution >= 4 is 17.5 Å². The van der Waals surface area contributed by atoms with Crippen molar-refractivity contribution in [3.8, 4) is 0 Å². The Morgan fingerprint density at radius 3 is 2.52 bits per heavy atom. The van der Waals surface area contributed by atoms with E-state index in [-0.39, 0.29) is 5.91 Å². The van der Waals surface area contributed by atoms with Crippen molar-refractivity contribution in [1.82, 2.24) is 10.2 Å². The fourth-order valence-corrected chi connectivity index (χ4v) is 3.69. The molecule has 1 aliphatic rings. The molecule has 1 atom stereocenters. The maximum absolute atomic E-state index is 12.4. The van der Waals surface area contributed by atoms with E-state index in [1.54, 1.807) is 0 Å². The molecule has 4 nitrogen and oxygen atoms in total. The standard InChI is InChI=1S/C22H28ClN3O/c1-16-6-8-18(9-7-16)21(24)22(27)25-14-17-10-12-26(13-11-17)15-19-4-2-3-5-20(19)23/h2-9,17,21H,10-15,24H2,1H3,(H,25,27). The molecule has 144 valence electrons. The van der Waals surface area contributed by atoms with E-state index in [9.17, 15) is 4.79 Å². The van der Waals surface area contributed by atoms with Crippen molar-refractivity contribution in [3.05, 3.63) is 70.2 Å². The third kappa shape index (κ3) is 5.55. The van der Waals surface area contributed by atoms with Crippen LogP contribution >= 0.6 is 11.6 Å². The largest absolute Gasteiger partial charge is 0.354 e. The van der Waals surface area contributed by atoms with Crippen molar-refractivity contribution in [2.24, 2.45) is 11.7 Å². The molecule has 1 saturated heterocycles. The summed E-state index contributed by atoms with van der Waals surface area (Å²) in [6.07, 6.45) is 2.15. The Bertz CT molecular complexity index is 754. The van der Waals surface area contributed by atoms with Crippen LogP contribution in [0.15, 0.2) is 48.5 Å². The molecule has 3 N–H and O–H groups in total. The highest BCUT2D eigenvalue weighted by molar-refractivity contribution is 6.31. The van der Waals surface area contributed by atoms with Crippen LogP contribution in [0.1, 0.15) is 35.6 Å². The van der Waals surface area contributed by atoms with Crippen LogP contribution in [0.25, 0.3) is 0 Å². The van der Waals surface area contributed by atoms with Crippen LogP contribution < -0.4 is 11.1 Å². The first-order valence-corrected chi connectivity index (χ1v) is 9.96. The molecule has 0 saturated carbocycles. The third-order valence-electron chi connectivity index (χ3n) is 5.34. The van der Waals surface area contributed by atoms with Crippen molar-refractivity contribution in [2.45, 2.75) is 32.4 Å². The summed E-state index contributed by atoms with van der Waals surface area (Å²) in [7, 11) is 0. The number of rotatable bonds is 6. The van der Waals surface area contributed by atoms with Crippen molar-refractivity contribution in [2.75, 3.05) is 19.6 Å². The number of carbonyl (C=O) groups excluding carboxylic acids is 1. The number of carbonyl (C=O) groups is 1. The van der Waals surface area contributed by atoms with Gasteiger partial charge in [0.05, 0.1) is 0 Å². The highest BCUT2D eigenvalue weighted by atomic mass is 35.5. The summed E-state index contributed by atoms with van der Waals surface area (Å²) < 4.78 is 0. The molecule has 0 spiro atoms. The molecular weight excluding hydrogens is 358 g/mol. The lowest BCUT2D eigenvalue weighted by atomic mass is 9.96. The first-order chi connectivity index (χ1) is 13.0. The molecule has 0 aromatic heterocycles. The summed E-state index contributed by atoms with van der Waals surface area (Å²) in [6.45, 7) is 5.65. The zero-order valence-electron chi connectivity index (χ0n) is 15.8. The van der Waals surface area contributed by atoms with E-state index in [1.165, 1.54) is 5.56 Å². The molecule has 2 aromatic carbocycles. The fraction of sp³-hybridized carbons (Fsp3) is 0.409. The van der Waals surface area contributed by atoms with Crippen LogP contribution in [-0.2, 0) is 11.3 Å². The van der Waals surface area contributed by atoms with Crippen molar-refractivity contribution in [1.29, 1.82) is 0 Å². The number of aryl methyl sites for hydroxylation is 1. The maximum Gasteiger partial charge on any atom is 0.241 e. The molecule has 1 aliphatic heterocycles. The summed E-state index contributed by atoms with van der Waals surface area (Å²) in [5, 5.41) is 3.87. The lowest BCUT2D eigenvalue weighted by molar-refractivity contribution is -0.122. The number of hydrogen-bond donors (Lipinski definition) is 2. The summed E-state index contributed by atoms with van der Waals surface area (Å²) in [5.74, 6) is 0.402. The Morgan fingerprint density at radius 2 is 1.85 bits per heavy atom. The molecule has 1 unspecified atom stereocenters. The SMILES string of the molecule is Cc1ccc(C(N)C(=O)NCC2CCN(Cc3ccccc3Cl)CC2)cc1. The Kier molecular flexibility index (Phi) is 6.89. The van der Waals surface area contributed by atoms with Gasteiger partial charge in [-0.05, 0) is 56.0 Å². The molecule has 0 radical (unpaired) electrons. The molecular formula is C22H28ClN3O. The van der Waals surface area contributed by atoms with Crippen LogP contribution in [0.2, 0.25) is 5.02 Å². The van der Waals surface area contributed by atoms with E-state index in [0.717, 1.165) is 48.6 Å². The van der Waals surface area contributed by atoms with Gasteiger partial charge in [0, 0.05) is 18.1 Å². The number of nitrogens with one attached hydrogen (secondary N) is 1. The normalized spacial score (nSPS) is 16.9. The van der Waals surface area contributed by atoms with Crippen LogP contribution in [-0.4, -0.2) is 30.4 Å². The summed E-state index contributed by atoms with van der Waals surface area (Å²) >= 11 is 6.26. The van der Waals surface area contributed by atoms with E-state index in [0.29, 0.717) is 12.5 Å². The van der Waals surface area contributed by atoms with Gasteiger partial charge in [-0.15, -0.1) is 0 Å². The third-order valence-corrected chi connectivity index (χ3v) is 5.71. The minimum absolute atomic E-state index is 0.0997. The van der Waals surface area contributed by atoms with Crippen LogP contribution in [0.5, 0.6) is 0 Å². The van der Waals surface area contributed by atoms with E-state index in [1.807, 2.05) is 49.4 Å². The average molecular weight is 386 g/mol. The number of piperidine rings is 1. The minimum atomic E-state index is -0.606. The zero-order valence-corrected chi connectivity index (χ0v) is 16.6. The van der Waals surface area contributed by atoms with Gasteiger partial charge in [-0.2, -0.15) is 0 Å². The second kappa shape index (κ2) is 9.36. The number of amides is 1. The van der Waals surface area contributed by atoms with Gasteiger partial charge in [0.15, 0.2) is 0 Å². The Morgan fingerprint density at radius 1 is 1.19 bits per heavy atom. The van der Waals surface area contributed by atoms with Crippen LogP contribution in [0, 0.1) is 12.8 Å². The van der Waals surface area contributed by atoms with Crippen LogP contribution in [0.3, 0.4) is 0 Å². The van der Waals surface area contributed by atoms with E-state index >= 15 is 0 Å². The number of nitrogens with two attached hydrogens (primary N) is 1. The molecule has 0 bridgehead atoms. The Hall–Kier alpha value is -1.88. The van der Waals surface area contributed by atoms with Crippen LogP contribution in [0.4, 0.5) is 0 Å². The molecule has 27 heavy (non-hydrogen) atoms. The summed E-state index contributed by atoms with van der Waals surface area (Å²) in [4.78, 5) is 14.8. The molecule has 2 aromatic rings. The predicted octanol–water partition coefficient (Wildman–Crippen LogP) is 3.68. The predicted molar refractivity (Wildman–Crippen MR) is 111 cm³/mol. The van der Waals surface area contributed by atoms with Gasteiger partial charge in [-0.25, -0.2) is 0 Å². The number of hydrogen-bond acceptors (Lipinski definition) is 3. The van der Waals surface area contributed by atoms with Crippen molar-refractivity contribution < 1.29 is 4.79 Å². The minimum Gasteiger partial charge on any atom is -0.354 e. The van der Waals surface area contributed by atoms with E-state index < -0.39 is 6.04 Å². The average Bonchev–Trinajstić information content (AvgIpc) is 2.69. The topological polar surface area (TPSA) is 58.4 Å². The van der Waals surface area contributed by atoms with E-state index in [2.05, 4.69) is 16.3 Å². The number of halogens is 1. The van der Waals surface area contributed by atoms with Gasteiger partial charge >= 0.3 is 0 Å².